The summed E-state index contributed by atoms with van der Waals surface area (Å²) < 4.78 is 0. The van der Waals surface area contributed by atoms with Gasteiger partial charge in [-0.2, -0.15) is 0 Å². The molecule has 0 aliphatic carbocycles. The van der Waals surface area contributed by atoms with Crippen molar-refractivity contribution in [2.24, 2.45) is 5.73 Å². The SMILES string of the molecule is NC(=[NH2+])SCC1[NH2+]CCCC1O. The Kier molecular flexibility index (Phi) is 3.84. The van der Waals surface area contributed by atoms with Crippen LogP contribution in [0.4, 0.5) is 0 Å². The highest BCUT2D eigenvalue weighted by Crippen LogP contribution is 2.07. The van der Waals surface area contributed by atoms with E-state index < -0.39 is 0 Å². The second-order valence-electron chi connectivity index (χ2n) is 3.11. The summed E-state index contributed by atoms with van der Waals surface area (Å²) in [6.45, 7) is 1.10. The zero-order chi connectivity index (χ0) is 8.97. The van der Waals surface area contributed by atoms with Crippen LogP contribution in [0, 0.1) is 0 Å². The molecule has 12 heavy (non-hydrogen) atoms. The summed E-state index contributed by atoms with van der Waals surface area (Å²) in [7, 11) is 0. The summed E-state index contributed by atoms with van der Waals surface area (Å²) >= 11 is 1.42. The smallest absolute Gasteiger partial charge is 0.300 e. The molecule has 1 aliphatic heterocycles. The van der Waals surface area contributed by atoms with Crippen LogP contribution < -0.4 is 16.5 Å². The van der Waals surface area contributed by atoms with Crippen molar-refractivity contribution >= 4 is 16.9 Å². The minimum atomic E-state index is -0.189. The van der Waals surface area contributed by atoms with Crippen LogP contribution in [0.5, 0.6) is 0 Å². The molecular weight excluding hydrogens is 174 g/mol. The number of hydrogen-bond donors (Lipinski definition) is 4. The zero-order valence-electron chi connectivity index (χ0n) is 7.07. The van der Waals surface area contributed by atoms with Gasteiger partial charge in [-0.25, -0.2) is 0 Å². The minimum Gasteiger partial charge on any atom is -0.387 e. The lowest BCUT2D eigenvalue weighted by molar-refractivity contribution is -0.700. The van der Waals surface area contributed by atoms with Crippen molar-refractivity contribution < 1.29 is 15.8 Å². The number of aliphatic hydroxyl groups is 1. The largest absolute Gasteiger partial charge is 0.387 e. The van der Waals surface area contributed by atoms with E-state index in [0.29, 0.717) is 5.17 Å². The van der Waals surface area contributed by atoms with Crippen LogP contribution in [0.1, 0.15) is 12.8 Å². The van der Waals surface area contributed by atoms with Crippen molar-refractivity contribution in [1.29, 1.82) is 0 Å². The minimum absolute atomic E-state index is 0.189. The number of nitrogens with two attached hydrogens (primary N) is 3. The predicted molar refractivity (Wildman–Crippen MR) is 49.4 cm³/mol. The second-order valence-corrected chi connectivity index (χ2v) is 4.20. The normalized spacial score (nSPS) is 30.1. The highest BCUT2D eigenvalue weighted by molar-refractivity contribution is 8.13. The summed E-state index contributed by atoms with van der Waals surface area (Å²) in [5, 5.41) is 17.4. The zero-order valence-corrected chi connectivity index (χ0v) is 7.89. The number of thioether (sulfide) groups is 1. The third-order valence-corrected chi connectivity index (χ3v) is 3.00. The molecule has 0 amide bonds. The van der Waals surface area contributed by atoms with E-state index in [9.17, 15) is 5.11 Å². The van der Waals surface area contributed by atoms with E-state index in [1.165, 1.54) is 11.8 Å². The molecule has 0 bridgehead atoms. The Bertz CT molecular complexity index is 165. The van der Waals surface area contributed by atoms with Gasteiger partial charge >= 0.3 is 0 Å². The van der Waals surface area contributed by atoms with Crippen LogP contribution in [0.3, 0.4) is 0 Å². The molecule has 1 fully saturated rings. The average molecular weight is 191 g/mol. The monoisotopic (exact) mass is 191 g/mol. The molecule has 1 aliphatic rings. The van der Waals surface area contributed by atoms with E-state index in [2.05, 4.69) is 5.32 Å². The summed E-state index contributed by atoms with van der Waals surface area (Å²) in [6.07, 6.45) is 1.82. The molecule has 2 atom stereocenters. The fourth-order valence-corrected chi connectivity index (χ4v) is 2.14. The third kappa shape index (κ3) is 3.00. The van der Waals surface area contributed by atoms with Crippen molar-refractivity contribution in [3.05, 3.63) is 0 Å². The Hall–Kier alpha value is -0.260. The van der Waals surface area contributed by atoms with Crippen LogP contribution in [0.2, 0.25) is 0 Å². The van der Waals surface area contributed by atoms with E-state index >= 15 is 0 Å². The first-order valence-electron chi connectivity index (χ1n) is 4.22. The summed E-state index contributed by atoms with van der Waals surface area (Å²) in [5.74, 6) is 0.809. The van der Waals surface area contributed by atoms with Crippen LogP contribution in [-0.2, 0) is 0 Å². The van der Waals surface area contributed by atoms with E-state index in [0.717, 1.165) is 25.1 Å². The molecule has 5 heteroatoms. The van der Waals surface area contributed by atoms with Crippen molar-refractivity contribution in [2.75, 3.05) is 12.3 Å². The topological polar surface area (TPSA) is 88.5 Å². The lowest BCUT2D eigenvalue weighted by Gasteiger charge is -2.24. The molecule has 1 heterocycles. The van der Waals surface area contributed by atoms with Crippen molar-refractivity contribution in [1.82, 2.24) is 0 Å². The molecular formula is C7H17N3OS+2. The summed E-state index contributed by atoms with van der Waals surface area (Å²) in [6, 6.07) is 0.269. The first-order valence-corrected chi connectivity index (χ1v) is 5.21. The second kappa shape index (κ2) is 4.69. The molecule has 1 saturated heterocycles. The van der Waals surface area contributed by atoms with Crippen molar-refractivity contribution in [3.63, 3.8) is 0 Å². The Balaban J connectivity index is 2.24. The van der Waals surface area contributed by atoms with Gasteiger partial charge in [0.15, 0.2) is 0 Å². The van der Waals surface area contributed by atoms with Crippen LogP contribution >= 0.6 is 11.8 Å². The quantitative estimate of drug-likeness (QED) is 0.275. The van der Waals surface area contributed by atoms with Gasteiger partial charge in [-0.15, -0.1) is 0 Å². The van der Waals surface area contributed by atoms with Gasteiger partial charge in [-0.05, 0) is 24.6 Å². The molecule has 0 radical (unpaired) electrons. The van der Waals surface area contributed by atoms with E-state index in [1.807, 2.05) is 0 Å². The number of quaternary nitrogens is 1. The van der Waals surface area contributed by atoms with E-state index in [4.69, 9.17) is 11.1 Å². The molecule has 4 nitrogen and oxygen atoms in total. The summed E-state index contributed by atoms with van der Waals surface area (Å²) in [5.41, 5.74) is 5.32. The lowest BCUT2D eigenvalue weighted by Crippen LogP contribution is -2.95. The van der Waals surface area contributed by atoms with Crippen molar-refractivity contribution in [3.8, 4) is 0 Å². The molecule has 0 aromatic rings. The first-order chi connectivity index (χ1) is 5.70. The number of hydrogen-bond acceptors (Lipinski definition) is 2. The van der Waals surface area contributed by atoms with Gasteiger partial charge in [0.05, 0.1) is 12.3 Å². The summed E-state index contributed by atoms with van der Waals surface area (Å²) in [4.78, 5) is 0. The Morgan fingerprint density at radius 1 is 1.75 bits per heavy atom. The van der Waals surface area contributed by atoms with Crippen LogP contribution in [0.15, 0.2) is 0 Å². The highest BCUT2D eigenvalue weighted by atomic mass is 32.2. The first kappa shape index (κ1) is 9.83. The van der Waals surface area contributed by atoms with Gasteiger partial charge < -0.3 is 10.4 Å². The molecule has 0 saturated carbocycles. The Morgan fingerprint density at radius 2 is 2.50 bits per heavy atom. The Morgan fingerprint density at radius 3 is 3.08 bits per heavy atom. The van der Waals surface area contributed by atoms with Gasteiger partial charge in [-0.3, -0.25) is 11.1 Å². The van der Waals surface area contributed by atoms with Gasteiger partial charge in [0.25, 0.3) is 5.17 Å². The average Bonchev–Trinajstić information content (AvgIpc) is 2.03. The predicted octanol–water partition coefficient (Wildman–Crippen LogP) is -3.12. The molecule has 0 aromatic heterocycles. The van der Waals surface area contributed by atoms with Crippen molar-refractivity contribution in [2.45, 2.75) is 25.0 Å². The fraction of sp³-hybridized carbons (Fsp3) is 0.857. The molecule has 70 valence electrons. The number of rotatable bonds is 2. The molecule has 1 rings (SSSR count). The fourth-order valence-electron chi connectivity index (χ4n) is 1.40. The highest BCUT2D eigenvalue weighted by Gasteiger charge is 2.26. The number of amidine groups is 1. The van der Waals surface area contributed by atoms with Crippen LogP contribution in [0.25, 0.3) is 0 Å². The van der Waals surface area contributed by atoms with Gasteiger partial charge in [-0.1, -0.05) is 0 Å². The lowest BCUT2D eigenvalue weighted by atomic mass is 10.0. The standard InChI is InChI=1S/C7H15N3OS/c8-7(9)12-4-5-6(11)2-1-3-10-5/h5-6,10-11H,1-4H2,(H3,8,9)/p+2. The van der Waals surface area contributed by atoms with Gasteiger partial charge in [0.1, 0.15) is 12.1 Å². The van der Waals surface area contributed by atoms with E-state index in [-0.39, 0.29) is 12.1 Å². The number of aliphatic hydroxyl groups excluding tert-OH is 1. The van der Waals surface area contributed by atoms with Gasteiger partial charge in [0.2, 0.25) is 0 Å². The van der Waals surface area contributed by atoms with Gasteiger partial charge in [0, 0.05) is 0 Å². The molecule has 0 spiro atoms. The third-order valence-electron chi connectivity index (χ3n) is 2.11. The maximum Gasteiger partial charge on any atom is 0.300 e. The molecule has 0 aromatic carbocycles. The molecule has 2 unspecified atom stereocenters. The molecule has 7 N–H and O–H groups in total. The van der Waals surface area contributed by atoms with Crippen LogP contribution in [-0.4, -0.2) is 34.7 Å². The van der Waals surface area contributed by atoms with E-state index in [1.54, 1.807) is 0 Å². The Labute approximate surface area is 76.4 Å². The maximum atomic E-state index is 9.55. The number of piperidine rings is 1. The maximum absolute atomic E-state index is 9.55.